The normalized spacial score (nSPS) is 10.9. The van der Waals surface area contributed by atoms with Gasteiger partial charge in [0.15, 0.2) is 0 Å². The van der Waals surface area contributed by atoms with Crippen molar-refractivity contribution in [3.8, 4) is 0 Å². The summed E-state index contributed by atoms with van der Waals surface area (Å²) in [6.45, 7) is 1.10. The minimum absolute atomic E-state index is 0.0475. The van der Waals surface area contributed by atoms with E-state index in [-0.39, 0.29) is 12.5 Å². The predicted octanol–water partition coefficient (Wildman–Crippen LogP) is 3.11. The van der Waals surface area contributed by atoms with Crippen molar-refractivity contribution in [2.75, 3.05) is 13.7 Å². The molecule has 0 unspecified atom stereocenters. The van der Waals surface area contributed by atoms with Crippen LogP contribution in [0.15, 0.2) is 53.0 Å². The second-order valence-electron chi connectivity index (χ2n) is 5.44. The zero-order valence-corrected chi connectivity index (χ0v) is 14.9. The quantitative estimate of drug-likeness (QED) is 0.706. The Labute approximate surface area is 148 Å². The predicted molar refractivity (Wildman–Crippen MR) is 96.7 cm³/mol. The van der Waals surface area contributed by atoms with Gasteiger partial charge in [-0.25, -0.2) is 4.98 Å². The number of fused-ring (bicyclic) bond motifs is 1. The van der Waals surface area contributed by atoms with Crippen LogP contribution in [0.2, 0.25) is 0 Å². The monoisotopic (exact) mass is 387 g/mol. The first-order valence-corrected chi connectivity index (χ1v) is 8.41. The number of nitrogens with one attached hydrogen (secondary N) is 1. The van der Waals surface area contributed by atoms with Crippen LogP contribution in [-0.2, 0) is 22.6 Å². The fourth-order valence-corrected chi connectivity index (χ4v) is 3.06. The molecular formula is C18H18BrN3O2. The highest BCUT2D eigenvalue weighted by atomic mass is 79.9. The highest BCUT2D eigenvalue weighted by Gasteiger charge is 2.12. The molecule has 0 aliphatic heterocycles. The van der Waals surface area contributed by atoms with Gasteiger partial charge in [-0.3, -0.25) is 4.79 Å². The van der Waals surface area contributed by atoms with Crippen molar-refractivity contribution in [2.24, 2.45) is 0 Å². The van der Waals surface area contributed by atoms with Gasteiger partial charge in [0, 0.05) is 18.1 Å². The number of methoxy groups -OCH3 is 1. The molecule has 3 rings (SSSR count). The summed E-state index contributed by atoms with van der Waals surface area (Å²) in [6.07, 6.45) is 0. The van der Waals surface area contributed by atoms with Gasteiger partial charge in [0.2, 0.25) is 5.91 Å². The van der Waals surface area contributed by atoms with E-state index in [2.05, 4.69) is 42.9 Å². The summed E-state index contributed by atoms with van der Waals surface area (Å²) in [5, 5.41) is 2.84. The van der Waals surface area contributed by atoms with Crippen molar-refractivity contribution in [1.82, 2.24) is 14.9 Å². The van der Waals surface area contributed by atoms with Crippen LogP contribution in [0.25, 0.3) is 11.0 Å². The van der Waals surface area contributed by atoms with Crippen molar-refractivity contribution in [1.29, 1.82) is 0 Å². The summed E-state index contributed by atoms with van der Waals surface area (Å²) in [4.78, 5) is 16.3. The number of carbonyl (C=O) groups is 1. The number of ether oxygens (including phenoxy) is 1. The number of imidazole rings is 1. The number of hydrogen-bond acceptors (Lipinski definition) is 3. The van der Waals surface area contributed by atoms with Gasteiger partial charge < -0.3 is 14.6 Å². The van der Waals surface area contributed by atoms with Crippen LogP contribution in [0.3, 0.4) is 0 Å². The number of aromatic nitrogens is 2. The van der Waals surface area contributed by atoms with Crippen LogP contribution < -0.4 is 5.32 Å². The molecule has 0 radical (unpaired) electrons. The highest BCUT2D eigenvalue weighted by molar-refractivity contribution is 9.10. The average Bonchev–Trinajstić information content (AvgIpc) is 2.91. The topological polar surface area (TPSA) is 56.1 Å². The fourth-order valence-electron chi connectivity index (χ4n) is 2.61. The smallest absolute Gasteiger partial charge is 0.246 e. The molecule has 1 heterocycles. The van der Waals surface area contributed by atoms with Gasteiger partial charge in [-0.1, -0.05) is 40.2 Å². The molecule has 1 N–H and O–H groups in total. The maximum absolute atomic E-state index is 11.7. The molecule has 3 aromatic rings. The summed E-state index contributed by atoms with van der Waals surface area (Å²) >= 11 is 3.51. The van der Waals surface area contributed by atoms with E-state index in [9.17, 15) is 4.79 Å². The largest absolute Gasteiger partial charge is 0.375 e. The number of halogens is 1. The van der Waals surface area contributed by atoms with Crippen molar-refractivity contribution in [3.63, 3.8) is 0 Å². The molecule has 0 aliphatic rings. The Morgan fingerprint density at radius 3 is 2.88 bits per heavy atom. The Kier molecular flexibility index (Phi) is 5.27. The molecule has 0 saturated heterocycles. The SMILES string of the molecule is COCC(=O)NCc1nc2ccccc2n1Cc1cccc(Br)c1. The van der Waals surface area contributed by atoms with E-state index >= 15 is 0 Å². The van der Waals surface area contributed by atoms with Crippen LogP contribution in [0, 0.1) is 0 Å². The molecule has 1 aromatic heterocycles. The third-order valence-corrected chi connectivity index (χ3v) is 4.18. The lowest BCUT2D eigenvalue weighted by molar-refractivity contribution is -0.124. The first kappa shape index (κ1) is 16.7. The third kappa shape index (κ3) is 3.83. The molecule has 0 atom stereocenters. The van der Waals surface area contributed by atoms with Crippen LogP contribution in [0.5, 0.6) is 0 Å². The van der Waals surface area contributed by atoms with Crippen LogP contribution >= 0.6 is 15.9 Å². The van der Waals surface area contributed by atoms with Gasteiger partial charge in [-0.2, -0.15) is 0 Å². The second-order valence-corrected chi connectivity index (χ2v) is 6.36. The molecular weight excluding hydrogens is 370 g/mol. The number of para-hydroxylation sites is 2. The molecule has 2 aromatic carbocycles. The molecule has 0 saturated carbocycles. The van der Waals surface area contributed by atoms with E-state index in [4.69, 9.17) is 4.74 Å². The maximum Gasteiger partial charge on any atom is 0.246 e. The van der Waals surface area contributed by atoms with E-state index in [1.807, 2.05) is 36.4 Å². The van der Waals surface area contributed by atoms with E-state index in [0.717, 1.165) is 26.9 Å². The molecule has 0 fully saturated rings. The zero-order valence-electron chi connectivity index (χ0n) is 13.3. The number of hydrogen-bond donors (Lipinski definition) is 1. The van der Waals surface area contributed by atoms with Crippen molar-refractivity contribution in [3.05, 3.63) is 64.4 Å². The lowest BCUT2D eigenvalue weighted by Gasteiger charge is -2.10. The number of amides is 1. The summed E-state index contributed by atoms with van der Waals surface area (Å²) in [5.74, 6) is 0.666. The molecule has 24 heavy (non-hydrogen) atoms. The summed E-state index contributed by atoms with van der Waals surface area (Å²) in [6, 6.07) is 16.2. The molecule has 0 bridgehead atoms. The molecule has 1 amide bonds. The number of benzene rings is 2. The highest BCUT2D eigenvalue weighted by Crippen LogP contribution is 2.19. The van der Waals surface area contributed by atoms with E-state index in [0.29, 0.717) is 13.1 Å². The van der Waals surface area contributed by atoms with Gasteiger partial charge in [-0.15, -0.1) is 0 Å². The van der Waals surface area contributed by atoms with E-state index < -0.39 is 0 Å². The van der Waals surface area contributed by atoms with Gasteiger partial charge in [0.05, 0.1) is 17.6 Å². The molecule has 0 spiro atoms. The Hall–Kier alpha value is -2.18. The summed E-state index contributed by atoms with van der Waals surface area (Å²) < 4.78 is 8.02. The molecule has 5 nitrogen and oxygen atoms in total. The lowest BCUT2D eigenvalue weighted by atomic mass is 10.2. The second kappa shape index (κ2) is 7.59. The standard InChI is InChI=1S/C18H18BrN3O2/c1-24-12-18(23)20-10-17-21-15-7-2-3-8-16(15)22(17)11-13-5-4-6-14(19)9-13/h2-9H,10-12H2,1H3,(H,20,23). The Morgan fingerprint density at radius 2 is 2.08 bits per heavy atom. The van der Waals surface area contributed by atoms with Gasteiger partial charge in [0.1, 0.15) is 12.4 Å². The van der Waals surface area contributed by atoms with Crippen LogP contribution in [0.4, 0.5) is 0 Å². The van der Waals surface area contributed by atoms with Crippen LogP contribution in [-0.4, -0.2) is 29.2 Å². The minimum Gasteiger partial charge on any atom is -0.375 e. The van der Waals surface area contributed by atoms with Crippen molar-refractivity contribution in [2.45, 2.75) is 13.1 Å². The van der Waals surface area contributed by atoms with Gasteiger partial charge in [-0.05, 0) is 29.8 Å². The third-order valence-electron chi connectivity index (χ3n) is 3.68. The first-order valence-electron chi connectivity index (χ1n) is 7.61. The maximum atomic E-state index is 11.7. The Balaban J connectivity index is 1.91. The van der Waals surface area contributed by atoms with Crippen LogP contribution in [0.1, 0.15) is 11.4 Å². The zero-order chi connectivity index (χ0) is 16.9. The van der Waals surface area contributed by atoms with Gasteiger partial charge in [0.25, 0.3) is 0 Å². The van der Waals surface area contributed by atoms with Crippen molar-refractivity contribution < 1.29 is 9.53 Å². The minimum atomic E-state index is -0.154. The Bertz CT molecular complexity index is 860. The summed E-state index contributed by atoms with van der Waals surface area (Å²) in [7, 11) is 1.50. The average molecular weight is 388 g/mol. The first-order chi connectivity index (χ1) is 11.7. The Morgan fingerprint density at radius 1 is 1.25 bits per heavy atom. The van der Waals surface area contributed by atoms with E-state index in [1.54, 1.807) is 0 Å². The number of carbonyl (C=O) groups excluding carboxylic acids is 1. The fraction of sp³-hybridized carbons (Fsp3) is 0.222. The van der Waals surface area contributed by atoms with E-state index in [1.165, 1.54) is 7.11 Å². The lowest BCUT2D eigenvalue weighted by Crippen LogP contribution is -2.28. The summed E-state index contributed by atoms with van der Waals surface area (Å²) in [5.41, 5.74) is 3.13. The number of nitrogens with zero attached hydrogens (tertiary/aromatic N) is 2. The van der Waals surface area contributed by atoms with Crippen molar-refractivity contribution >= 4 is 32.9 Å². The number of rotatable bonds is 6. The molecule has 6 heteroatoms. The molecule has 124 valence electrons. The molecule has 0 aliphatic carbocycles. The van der Waals surface area contributed by atoms with Gasteiger partial charge >= 0.3 is 0 Å².